The van der Waals surface area contributed by atoms with E-state index in [9.17, 15) is 9.59 Å². The van der Waals surface area contributed by atoms with E-state index in [0.29, 0.717) is 35.8 Å². The van der Waals surface area contributed by atoms with Crippen LogP contribution in [0.1, 0.15) is 33.4 Å². The van der Waals surface area contributed by atoms with Gasteiger partial charge in [-0.1, -0.05) is 121 Å². The van der Waals surface area contributed by atoms with Crippen LogP contribution in [0.3, 0.4) is 0 Å². The van der Waals surface area contributed by atoms with Gasteiger partial charge in [0.25, 0.3) is 0 Å². The van der Waals surface area contributed by atoms with Crippen molar-refractivity contribution in [1.82, 2.24) is 0 Å². The number of esters is 2. The van der Waals surface area contributed by atoms with Crippen molar-refractivity contribution in [3.63, 3.8) is 0 Å². The van der Waals surface area contributed by atoms with E-state index < -0.39 is 0 Å². The van der Waals surface area contributed by atoms with Crippen LogP contribution in [0.5, 0.6) is 11.5 Å². The number of hydrogen-bond donors (Lipinski definition) is 0. The van der Waals surface area contributed by atoms with Crippen molar-refractivity contribution < 1.29 is 28.5 Å². The van der Waals surface area contributed by atoms with Crippen LogP contribution in [0.4, 0.5) is 0 Å². The summed E-state index contributed by atoms with van der Waals surface area (Å²) in [5, 5.41) is 0. The van der Waals surface area contributed by atoms with E-state index in [1.54, 1.807) is 12.1 Å². The second-order valence-electron chi connectivity index (χ2n) is 10.3. The highest BCUT2D eigenvalue weighted by atomic mass is 16.5. The highest BCUT2D eigenvalue weighted by Crippen LogP contribution is 2.32. The minimum absolute atomic E-state index is 0.00837. The van der Waals surface area contributed by atoms with Gasteiger partial charge in [0.1, 0.15) is 37.9 Å². The van der Waals surface area contributed by atoms with Gasteiger partial charge in [0, 0.05) is 11.1 Å². The summed E-state index contributed by atoms with van der Waals surface area (Å²) in [5.41, 5.74) is 5.00. The van der Waals surface area contributed by atoms with Crippen molar-refractivity contribution in [2.24, 2.45) is 0 Å². The van der Waals surface area contributed by atoms with Gasteiger partial charge in [0.05, 0.1) is 12.8 Å². The third-order valence-electron chi connectivity index (χ3n) is 6.88. The zero-order valence-corrected chi connectivity index (χ0v) is 24.4. The fraction of sp³-hybridized carbons (Fsp3) is 0.158. The smallest absolute Gasteiger partial charge is 0.310 e. The molecule has 0 aliphatic carbocycles. The topological polar surface area (TPSA) is 71.1 Å². The summed E-state index contributed by atoms with van der Waals surface area (Å²) in [6, 6.07) is 42.1. The van der Waals surface area contributed by atoms with Gasteiger partial charge < -0.3 is 18.9 Å². The number of carbonyl (C=O) groups is 2. The molecule has 0 saturated carbocycles. The second kappa shape index (κ2) is 15.8. The zero-order valence-electron chi connectivity index (χ0n) is 24.4. The van der Waals surface area contributed by atoms with Crippen LogP contribution in [0, 0.1) is 0 Å². The number of carbonyl (C=O) groups excluding carboxylic acids is 2. The molecule has 0 aliphatic rings. The summed E-state index contributed by atoms with van der Waals surface area (Å²) in [6.07, 6.45) is 0.321. The number of ether oxygens (including phenoxy) is 4. The summed E-state index contributed by atoms with van der Waals surface area (Å²) in [6.45, 7) is 0.601. The van der Waals surface area contributed by atoms with E-state index in [1.165, 1.54) is 0 Å². The lowest BCUT2D eigenvalue weighted by molar-refractivity contribution is -0.145. The molecule has 0 atom stereocenters. The largest absolute Gasteiger partial charge is 0.488 e. The third-order valence-corrected chi connectivity index (χ3v) is 6.88. The van der Waals surface area contributed by atoms with Gasteiger partial charge in [-0.2, -0.15) is 0 Å². The van der Waals surface area contributed by atoms with Gasteiger partial charge >= 0.3 is 11.9 Å². The number of hydrogen-bond acceptors (Lipinski definition) is 6. The molecule has 0 aromatic heterocycles. The predicted octanol–water partition coefficient (Wildman–Crippen LogP) is 7.42. The van der Waals surface area contributed by atoms with Crippen LogP contribution >= 0.6 is 0 Å². The lowest BCUT2D eigenvalue weighted by atomic mass is 10.1. The van der Waals surface area contributed by atoms with Crippen LogP contribution in [0.2, 0.25) is 0 Å². The second-order valence-corrected chi connectivity index (χ2v) is 10.3. The van der Waals surface area contributed by atoms with Crippen LogP contribution in [-0.4, -0.2) is 11.9 Å². The summed E-state index contributed by atoms with van der Waals surface area (Å²) >= 11 is 0. The Bertz CT molecular complexity index is 1500. The molecule has 0 heterocycles. The first-order chi connectivity index (χ1) is 21.6. The minimum atomic E-state index is -0.351. The summed E-state index contributed by atoms with van der Waals surface area (Å²) < 4.78 is 23.9. The molecule has 0 spiro atoms. The Kier molecular flexibility index (Phi) is 10.8. The third kappa shape index (κ3) is 9.33. The maximum atomic E-state index is 12.7. The summed E-state index contributed by atoms with van der Waals surface area (Å²) in [5.74, 6) is 0.330. The van der Waals surface area contributed by atoms with Crippen molar-refractivity contribution >= 4 is 11.9 Å². The molecule has 5 aromatic carbocycles. The maximum Gasteiger partial charge on any atom is 0.310 e. The Labute approximate surface area is 257 Å². The van der Waals surface area contributed by atoms with Crippen molar-refractivity contribution in [2.45, 2.75) is 39.3 Å². The quantitative estimate of drug-likeness (QED) is 0.126. The Morgan fingerprint density at radius 1 is 0.409 bits per heavy atom. The molecule has 6 heteroatoms. The molecule has 5 rings (SSSR count). The normalized spacial score (nSPS) is 10.5. The lowest BCUT2D eigenvalue weighted by Crippen LogP contribution is -2.11. The molecule has 222 valence electrons. The maximum absolute atomic E-state index is 12.7. The van der Waals surface area contributed by atoms with Gasteiger partial charge in [0.2, 0.25) is 0 Å². The molecule has 0 unspecified atom stereocenters. The van der Waals surface area contributed by atoms with Crippen LogP contribution in [0.15, 0.2) is 133 Å². The predicted molar refractivity (Wildman–Crippen MR) is 168 cm³/mol. The molecule has 0 aliphatic heterocycles. The van der Waals surface area contributed by atoms with Crippen LogP contribution in [0.25, 0.3) is 0 Å². The Balaban J connectivity index is 1.38. The van der Waals surface area contributed by atoms with Crippen molar-refractivity contribution in [3.05, 3.63) is 167 Å². The molecule has 5 aromatic rings. The highest BCUT2D eigenvalue weighted by Gasteiger charge is 2.17. The van der Waals surface area contributed by atoms with Gasteiger partial charge in [-0.15, -0.1) is 0 Å². The Morgan fingerprint density at radius 3 is 1.07 bits per heavy atom. The monoisotopic (exact) mass is 586 g/mol. The average molecular weight is 587 g/mol. The first-order valence-corrected chi connectivity index (χ1v) is 14.5. The van der Waals surface area contributed by atoms with Gasteiger partial charge in [-0.05, 0) is 34.4 Å². The lowest BCUT2D eigenvalue weighted by Gasteiger charge is -2.18. The zero-order chi connectivity index (χ0) is 30.4. The van der Waals surface area contributed by atoms with E-state index in [0.717, 1.165) is 22.3 Å². The summed E-state index contributed by atoms with van der Waals surface area (Å²) in [7, 11) is 0. The van der Waals surface area contributed by atoms with E-state index in [-0.39, 0.29) is 38.0 Å². The fourth-order valence-electron chi connectivity index (χ4n) is 4.55. The molecule has 6 nitrogen and oxygen atoms in total. The summed E-state index contributed by atoms with van der Waals surface area (Å²) in [4.78, 5) is 25.4. The van der Waals surface area contributed by atoms with E-state index in [1.807, 2.05) is 121 Å². The van der Waals surface area contributed by atoms with Crippen LogP contribution < -0.4 is 9.47 Å². The van der Waals surface area contributed by atoms with Gasteiger partial charge in [0.15, 0.2) is 0 Å². The van der Waals surface area contributed by atoms with Gasteiger partial charge in [-0.25, -0.2) is 0 Å². The van der Waals surface area contributed by atoms with E-state index in [4.69, 9.17) is 18.9 Å². The van der Waals surface area contributed by atoms with E-state index in [2.05, 4.69) is 0 Å². The molecular weight excluding hydrogens is 552 g/mol. The van der Waals surface area contributed by atoms with E-state index >= 15 is 0 Å². The molecular formula is C38H34O6. The Hall–Kier alpha value is -5.36. The highest BCUT2D eigenvalue weighted by molar-refractivity contribution is 5.73. The molecule has 0 N–H and O–H groups in total. The molecule has 0 saturated heterocycles. The minimum Gasteiger partial charge on any atom is -0.488 e. The van der Waals surface area contributed by atoms with Crippen molar-refractivity contribution in [1.29, 1.82) is 0 Å². The Morgan fingerprint density at radius 2 is 0.727 bits per heavy atom. The number of rotatable bonds is 14. The van der Waals surface area contributed by atoms with Crippen molar-refractivity contribution in [3.8, 4) is 11.5 Å². The molecule has 0 amide bonds. The van der Waals surface area contributed by atoms with Crippen LogP contribution in [-0.2, 0) is 58.3 Å². The first kappa shape index (κ1) is 30.1. The SMILES string of the molecule is O=C(Cc1ccccc1)OCc1cc(OCc2ccccc2)c(COC(=O)Cc2ccccc2)cc1OCc1ccccc1. The fourth-order valence-corrected chi connectivity index (χ4v) is 4.55. The average Bonchev–Trinajstić information content (AvgIpc) is 3.07. The standard InChI is InChI=1S/C38H34O6/c39-37(21-29-13-5-1-6-14-29)43-27-33-23-36(42-26-32-19-11-4-12-20-32)34(24-35(33)41-25-31-17-9-3-10-18-31)28-44-38(40)22-30-15-7-2-8-16-30/h1-20,23-24H,21-22,25-28H2. The van der Waals surface area contributed by atoms with Gasteiger partial charge in [-0.3, -0.25) is 9.59 Å². The first-order valence-electron chi connectivity index (χ1n) is 14.5. The number of benzene rings is 5. The van der Waals surface area contributed by atoms with Crippen molar-refractivity contribution in [2.75, 3.05) is 0 Å². The molecule has 0 fully saturated rings. The molecule has 0 bridgehead atoms. The molecule has 44 heavy (non-hydrogen) atoms. The molecule has 0 radical (unpaired) electrons.